The maximum atomic E-state index is 11.7. The molecule has 7 heteroatoms. The predicted molar refractivity (Wildman–Crippen MR) is 75.6 cm³/mol. The van der Waals surface area contributed by atoms with Gasteiger partial charge in [0, 0.05) is 12.4 Å². The van der Waals surface area contributed by atoms with Gasteiger partial charge in [-0.05, 0) is 31.2 Å². The molecule has 0 saturated heterocycles. The molecule has 7 nitrogen and oxygen atoms in total. The van der Waals surface area contributed by atoms with E-state index in [0.717, 1.165) is 0 Å². The van der Waals surface area contributed by atoms with Crippen LogP contribution in [-0.2, 0) is 4.79 Å². The molecule has 108 valence electrons. The van der Waals surface area contributed by atoms with Crippen molar-refractivity contribution < 1.29 is 14.0 Å². The van der Waals surface area contributed by atoms with E-state index in [0.29, 0.717) is 17.0 Å². The molecule has 2 rings (SSSR count). The lowest BCUT2D eigenvalue weighted by atomic mass is 10.3. The van der Waals surface area contributed by atoms with Crippen LogP contribution in [0.3, 0.4) is 0 Å². The number of amides is 2. The summed E-state index contributed by atoms with van der Waals surface area (Å²) in [7, 11) is 0. The lowest BCUT2D eigenvalue weighted by Gasteiger charge is -2.04. The Kier molecular flexibility index (Phi) is 4.81. The highest BCUT2D eigenvalue weighted by atomic mass is 16.3. The third-order valence-electron chi connectivity index (χ3n) is 2.56. The van der Waals surface area contributed by atoms with Gasteiger partial charge in [0.25, 0.3) is 11.8 Å². The second-order valence-corrected chi connectivity index (χ2v) is 4.13. The number of aromatic nitrogens is 1. The molecule has 2 aromatic rings. The molecule has 0 unspecified atom stereocenters. The van der Waals surface area contributed by atoms with Crippen molar-refractivity contribution in [2.75, 3.05) is 6.54 Å². The van der Waals surface area contributed by atoms with E-state index >= 15 is 0 Å². The molecule has 2 amide bonds. The Labute approximate surface area is 121 Å². The lowest BCUT2D eigenvalue weighted by Crippen LogP contribution is -2.35. The van der Waals surface area contributed by atoms with Gasteiger partial charge in [-0.1, -0.05) is 0 Å². The van der Waals surface area contributed by atoms with E-state index in [2.05, 4.69) is 20.8 Å². The van der Waals surface area contributed by atoms with Gasteiger partial charge in [-0.25, -0.2) is 5.43 Å². The molecule has 0 aliphatic carbocycles. The van der Waals surface area contributed by atoms with Crippen molar-refractivity contribution in [3.8, 4) is 0 Å². The van der Waals surface area contributed by atoms with Crippen LogP contribution < -0.4 is 10.7 Å². The monoisotopic (exact) mass is 286 g/mol. The molecule has 0 radical (unpaired) electrons. The van der Waals surface area contributed by atoms with Crippen LogP contribution in [0.1, 0.15) is 23.0 Å². The number of nitrogens with zero attached hydrogens (tertiary/aromatic N) is 2. The van der Waals surface area contributed by atoms with E-state index in [9.17, 15) is 9.59 Å². The van der Waals surface area contributed by atoms with Crippen molar-refractivity contribution in [3.05, 3.63) is 54.2 Å². The van der Waals surface area contributed by atoms with Crippen LogP contribution in [0.2, 0.25) is 0 Å². The van der Waals surface area contributed by atoms with E-state index in [1.54, 1.807) is 37.4 Å². The van der Waals surface area contributed by atoms with Crippen LogP contribution in [-0.4, -0.2) is 29.1 Å². The van der Waals surface area contributed by atoms with E-state index in [-0.39, 0.29) is 12.5 Å². The number of rotatable bonds is 5. The van der Waals surface area contributed by atoms with Gasteiger partial charge in [-0.2, -0.15) is 5.10 Å². The molecule has 0 saturated carbocycles. The third kappa shape index (κ3) is 4.27. The molecule has 2 aromatic heterocycles. The number of furan rings is 1. The summed E-state index contributed by atoms with van der Waals surface area (Å²) in [5, 5.41) is 6.35. The largest absolute Gasteiger partial charge is 0.463 e. The summed E-state index contributed by atoms with van der Waals surface area (Å²) in [4.78, 5) is 27.1. The third-order valence-corrected chi connectivity index (χ3v) is 2.56. The second-order valence-electron chi connectivity index (χ2n) is 4.13. The summed E-state index contributed by atoms with van der Waals surface area (Å²) in [5.74, 6) is -0.238. The van der Waals surface area contributed by atoms with Gasteiger partial charge in [0.2, 0.25) is 0 Å². The predicted octanol–water partition coefficient (Wildman–Crippen LogP) is 0.945. The van der Waals surface area contributed by atoms with Crippen LogP contribution in [0.25, 0.3) is 0 Å². The molecule has 0 aliphatic rings. The topological polar surface area (TPSA) is 96.6 Å². The van der Waals surface area contributed by atoms with Crippen LogP contribution in [0.15, 0.2) is 52.4 Å². The quantitative estimate of drug-likeness (QED) is 0.631. The maximum Gasteiger partial charge on any atom is 0.259 e. The molecular weight excluding hydrogens is 272 g/mol. The number of hydrazone groups is 1. The van der Waals surface area contributed by atoms with Gasteiger partial charge in [-0.15, -0.1) is 0 Å². The Balaban J connectivity index is 1.80. The summed E-state index contributed by atoms with van der Waals surface area (Å²) in [6, 6.07) is 6.71. The van der Waals surface area contributed by atoms with Gasteiger partial charge in [0.1, 0.15) is 11.5 Å². The van der Waals surface area contributed by atoms with Crippen LogP contribution in [0.5, 0.6) is 0 Å². The lowest BCUT2D eigenvalue weighted by molar-refractivity contribution is -0.120. The normalized spacial score (nSPS) is 11.0. The number of hydrogen-bond acceptors (Lipinski definition) is 5. The Morgan fingerprint density at radius 1 is 1.33 bits per heavy atom. The average Bonchev–Trinajstić information content (AvgIpc) is 3.05. The molecule has 0 fully saturated rings. The molecular formula is C14H14N4O3. The number of carbonyl (C=O) groups is 2. The van der Waals surface area contributed by atoms with Crippen molar-refractivity contribution in [2.45, 2.75) is 6.92 Å². The zero-order valence-electron chi connectivity index (χ0n) is 11.4. The molecule has 0 aliphatic heterocycles. The van der Waals surface area contributed by atoms with E-state index in [1.807, 2.05) is 0 Å². The highest BCUT2D eigenvalue weighted by Gasteiger charge is 2.07. The van der Waals surface area contributed by atoms with Gasteiger partial charge < -0.3 is 9.73 Å². The number of carbonyl (C=O) groups excluding carboxylic acids is 2. The molecule has 2 heterocycles. The molecule has 21 heavy (non-hydrogen) atoms. The number of nitrogens with one attached hydrogen (secondary N) is 2. The van der Waals surface area contributed by atoms with Crippen LogP contribution in [0, 0.1) is 0 Å². The molecule has 2 N–H and O–H groups in total. The summed E-state index contributed by atoms with van der Waals surface area (Å²) >= 11 is 0. The van der Waals surface area contributed by atoms with Crippen molar-refractivity contribution >= 4 is 17.5 Å². The van der Waals surface area contributed by atoms with E-state index in [4.69, 9.17) is 4.42 Å². The Morgan fingerprint density at radius 3 is 2.86 bits per heavy atom. The van der Waals surface area contributed by atoms with Crippen molar-refractivity contribution in [3.63, 3.8) is 0 Å². The summed E-state index contributed by atoms with van der Waals surface area (Å²) in [5.41, 5.74) is 3.26. The summed E-state index contributed by atoms with van der Waals surface area (Å²) in [6.45, 7) is 1.52. The first kappa shape index (κ1) is 14.4. The fourth-order valence-electron chi connectivity index (χ4n) is 1.48. The highest BCUT2D eigenvalue weighted by molar-refractivity contribution is 5.98. The second kappa shape index (κ2) is 6.99. The fourth-order valence-corrected chi connectivity index (χ4v) is 1.48. The average molecular weight is 286 g/mol. The first-order chi connectivity index (χ1) is 10.2. The minimum Gasteiger partial charge on any atom is -0.463 e. The Hall–Kier alpha value is -2.96. The van der Waals surface area contributed by atoms with Crippen LogP contribution >= 0.6 is 0 Å². The van der Waals surface area contributed by atoms with Crippen molar-refractivity contribution in [1.29, 1.82) is 0 Å². The zero-order valence-corrected chi connectivity index (χ0v) is 11.4. The molecule has 0 atom stereocenters. The fraction of sp³-hybridized carbons (Fsp3) is 0.143. The van der Waals surface area contributed by atoms with Gasteiger partial charge >= 0.3 is 0 Å². The smallest absolute Gasteiger partial charge is 0.259 e. The molecule has 0 spiro atoms. The standard InChI is InChI=1S/C14H14N4O3/c1-10(12-5-3-7-21-12)17-18-13(19)9-16-14(20)11-4-2-6-15-8-11/h2-8H,9H2,1H3,(H,16,20)(H,18,19)/b17-10+. The van der Waals surface area contributed by atoms with E-state index in [1.165, 1.54) is 12.5 Å². The summed E-state index contributed by atoms with van der Waals surface area (Å²) < 4.78 is 5.12. The summed E-state index contributed by atoms with van der Waals surface area (Å²) in [6.07, 6.45) is 4.51. The number of pyridine rings is 1. The van der Waals surface area contributed by atoms with Crippen molar-refractivity contribution in [2.24, 2.45) is 5.10 Å². The SMILES string of the molecule is C/C(=N\NC(=O)CNC(=O)c1cccnc1)c1ccco1. The van der Waals surface area contributed by atoms with Crippen molar-refractivity contribution in [1.82, 2.24) is 15.7 Å². The van der Waals surface area contributed by atoms with Gasteiger partial charge in [0.15, 0.2) is 0 Å². The minimum absolute atomic E-state index is 0.178. The van der Waals surface area contributed by atoms with Gasteiger partial charge in [0.05, 0.1) is 18.4 Å². The zero-order chi connectivity index (χ0) is 15.1. The number of hydrogen-bond donors (Lipinski definition) is 2. The van der Waals surface area contributed by atoms with E-state index < -0.39 is 5.91 Å². The first-order valence-corrected chi connectivity index (χ1v) is 6.22. The molecule has 0 bridgehead atoms. The van der Waals surface area contributed by atoms with Gasteiger partial charge in [-0.3, -0.25) is 14.6 Å². The van der Waals surface area contributed by atoms with Crippen LogP contribution in [0.4, 0.5) is 0 Å². The Morgan fingerprint density at radius 2 is 2.19 bits per heavy atom. The first-order valence-electron chi connectivity index (χ1n) is 6.22. The molecule has 0 aromatic carbocycles. The maximum absolute atomic E-state index is 11.7. The minimum atomic E-state index is -0.432. The Bertz CT molecular complexity index is 636. The highest BCUT2D eigenvalue weighted by Crippen LogP contribution is 2.00.